The van der Waals surface area contributed by atoms with Crippen LogP contribution in [0.2, 0.25) is 0 Å². The molecule has 106 valence electrons. The van der Waals surface area contributed by atoms with Crippen molar-refractivity contribution in [2.24, 2.45) is 0 Å². The van der Waals surface area contributed by atoms with Gasteiger partial charge in [-0.05, 0) is 6.42 Å². The zero-order valence-corrected chi connectivity index (χ0v) is 12.4. The van der Waals surface area contributed by atoms with Crippen LogP contribution in [0, 0.1) is 0 Å². The first-order valence-corrected chi connectivity index (χ1v) is 7.97. The molecule has 0 aromatic heterocycles. The molecule has 0 bridgehead atoms. The molecule has 2 atom stereocenters. The highest BCUT2D eigenvalue weighted by atomic mass is 35.5. The van der Waals surface area contributed by atoms with Gasteiger partial charge in [0.05, 0.1) is 6.17 Å². The molecule has 0 aromatic carbocycles. The Kier molecular flexibility index (Phi) is 6.49. The predicted molar refractivity (Wildman–Crippen MR) is 77.7 cm³/mol. The highest BCUT2D eigenvalue weighted by Gasteiger charge is 2.33. The standard InChI is InChI=1S/C12H24Cl2N4/c13-2-1-11-9-15-5-8-18(11)12-10-16-4-7-17(12)6-3-14/h11-12,15-16H,1-10H2. The lowest BCUT2D eigenvalue weighted by molar-refractivity contribution is -0.0112. The molecule has 0 spiro atoms. The second kappa shape index (κ2) is 7.88. The molecule has 0 amide bonds. The van der Waals surface area contributed by atoms with Crippen LogP contribution in [-0.4, -0.2) is 79.6 Å². The summed E-state index contributed by atoms with van der Waals surface area (Å²) < 4.78 is 0. The second-order valence-corrected chi connectivity index (χ2v) is 5.74. The molecule has 2 fully saturated rings. The van der Waals surface area contributed by atoms with E-state index in [1.165, 1.54) is 0 Å². The second-order valence-electron chi connectivity index (χ2n) is 4.98. The van der Waals surface area contributed by atoms with E-state index < -0.39 is 0 Å². The van der Waals surface area contributed by atoms with E-state index in [1.54, 1.807) is 0 Å². The lowest BCUT2D eigenvalue weighted by Crippen LogP contribution is -2.65. The molecule has 4 nitrogen and oxygen atoms in total. The van der Waals surface area contributed by atoms with E-state index in [9.17, 15) is 0 Å². The molecule has 2 rings (SSSR count). The zero-order valence-electron chi connectivity index (χ0n) is 10.9. The third-order valence-corrected chi connectivity index (χ3v) is 4.30. The maximum absolute atomic E-state index is 5.93. The summed E-state index contributed by atoms with van der Waals surface area (Å²) in [5.74, 6) is 1.45. The number of halogens is 2. The monoisotopic (exact) mass is 294 g/mol. The topological polar surface area (TPSA) is 30.5 Å². The fourth-order valence-electron chi connectivity index (χ4n) is 2.99. The summed E-state index contributed by atoms with van der Waals surface area (Å²) in [6.07, 6.45) is 1.53. The summed E-state index contributed by atoms with van der Waals surface area (Å²) in [5, 5.41) is 6.97. The van der Waals surface area contributed by atoms with Crippen molar-refractivity contribution in [2.75, 3.05) is 57.6 Å². The van der Waals surface area contributed by atoms with Gasteiger partial charge in [-0.25, -0.2) is 0 Å². The van der Waals surface area contributed by atoms with Gasteiger partial charge in [-0.1, -0.05) is 0 Å². The summed E-state index contributed by atoms with van der Waals surface area (Å²) in [6.45, 7) is 7.41. The molecule has 0 aliphatic carbocycles. The fourth-order valence-corrected chi connectivity index (χ4v) is 3.46. The molecule has 0 aromatic rings. The summed E-state index contributed by atoms with van der Waals surface area (Å²) in [5.41, 5.74) is 0. The summed E-state index contributed by atoms with van der Waals surface area (Å²) in [4.78, 5) is 5.12. The SMILES string of the molecule is ClCCC1CNCCN1C1CNCCN1CCCl. The number of nitrogens with one attached hydrogen (secondary N) is 2. The van der Waals surface area contributed by atoms with Gasteiger partial charge in [0.15, 0.2) is 0 Å². The van der Waals surface area contributed by atoms with Crippen molar-refractivity contribution >= 4 is 23.2 Å². The Bertz CT molecular complexity index is 214. The van der Waals surface area contributed by atoms with Crippen LogP contribution in [-0.2, 0) is 0 Å². The van der Waals surface area contributed by atoms with Crippen LogP contribution in [0.15, 0.2) is 0 Å². The molecule has 2 heterocycles. The van der Waals surface area contributed by atoms with E-state index in [0.29, 0.717) is 18.1 Å². The minimum atomic E-state index is 0.479. The minimum absolute atomic E-state index is 0.479. The van der Waals surface area contributed by atoms with Crippen LogP contribution in [0.5, 0.6) is 0 Å². The van der Waals surface area contributed by atoms with E-state index in [-0.39, 0.29) is 0 Å². The highest BCUT2D eigenvalue weighted by molar-refractivity contribution is 6.18. The Morgan fingerprint density at radius 2 is 1.78 bits per heavy atom. The van der Waals surface area contributed by atoms with E-state index in [0.717, 1.165) is 58.1 Å². The summed E-state index contributed by atoms with van der Waals surface area (Å²) in [6, 6.07) is 0.555. The molecule has 2 unspecified atom stereocenters. The average Bonchev–Trinajstić information content (AvgIpc) is 2.41. The van der Waals surface area contributed by atoms with Gasteiger partial charge in [0.25, 0.3) is 0 Å². The lowest BCUT2D eigenvalue weighted by atomic mass is 10.1. The first-order valence-electron chi connectivity index (χ1n) is 6.90. The number of hydrogen-bond donors (Lipinski definition) is 2. The molecule has 0 radical (unpaired) electrons. The van der Waals surface area contributed by atoms with Gasteiger partial charge in [-0.3, -0.25) is 9.80 Å². The van der Waals surface area contributed by atoms with Crippen molar-refractivity contribution in [1.29, 1.82) is 0 Å². The van der Waals surface area contributed by atoms with E-state index in [1.807, 2.05) is 0 Å². The van der Waals surface area contributed by atoms with Crippen molar-refractivity contribution in [3.63, 3.8) is 0 Å². The molecule has 2 aliphatic heterocycles. The van der Waals surface area contributed by atoms with Gasteiger partial charge >= 0.3 is 0 Å². The number of rotatable bonds is 5. The van der Waals surface area contributed by atoms with Gasteiger partial charge in [-0.2, -0.15) is 0 Å². The van der Waals surface area contributed by atoms with Crippen molar-refractivity contribution in [3.8, 4) is 0 Å². The Labute approximate surface area is 120 Å². The van der Waals surface area contributed by atoms with Crippen LogP contribution in [0.4, 0.5) is 0 Å². The van der Waals surface area contributed by atoms with E-state index in [2.05, 4.69) is 20.4 Å². The fraction of sp³-hybridized carbons (Fsp3) is 1.00. The van der Waals surface area contributed by atoms with Crippen molar-refractivity contribution in [3.05, 3.63) is 0 Å². The zero-order chi connectivity index (χ0) is 12.8. The molecule has 18 heavy (non-hydrogen) atoms. The van der Waals surface area contributed by atoms with Gasteiger partial charge in [-0.15, -0.1) is 23.2 Å². The molecule has 2 N–H and O–H groups in total. The Morgan fingerprint density at radius 3 is 2.56 bits per heavy atom. The van der Waals surface area contributed by atoms with E-state index in [4.69, 9.17) is 23.2 Å². The van der Waals surface area contributed by atoms with Gasteiger partial charge in [0.1, 0.15) is 0 Å². The van der Waals surface area contributed by atoms with Crippen LogP contribution < -0.4 is 10.6 Å². The molecule has 2 saturated heterocycles. The number of piperazine rings is 2. The lowest BCUT2D eigenvalue weighted by Gasteiger charge is -2.48. The molecule has 2 aliphatic rings. The molecule has 0 saturated carbocycles. The maximum atomic E-state index is 5.93. The van der Waals surface area contributed by atoms with Gasteiger partial charge in [0.2, 0.25) is 0 Å². The van der Waals surface area contributed by atoms with Crippen molar-refractivity contribution < 1.29 is 0 Å². The first kappa shape index (κ1) is 14.8. The van der Waals surface area contributed by atoms with Crippen molar-refractivity contribution in [1.82, 2.24) is 20.4 Å². The first-order chi connectivity index (χ1) is 8.86. The molecular formula is C12H24Cl2N4. The minimum Gasteiger partial charge on any atom is -0.314 e. The summed E-state index contributed by atoms with van der Waals surface area (Å²) in [7, 11) is 0. The smallest absolute Gasteiger partial charge is 0.0755 e. The predicted octanol–water partition coefficient (Wildman–Crippen LogP) is 0.359. The average molecular weight is 295 g/mol. The quantitative estimate of drug-likeness (QED) is 0.717. The van der Waals surface area contributed by atoms with Crippen LogP contribution in [0.1, 0.15) is 6.42 Å². The Hall–Kier alpha value is 0.420. The maximum Gasteiger partial charge on any atom is 0.0755 e. The van der Waals surface area contributed by atoms with Gasteiger partial charge < -0.3 is 10.6 Å². The molecule has 6 heteroatoms. The number of nitrogens with zero attached hydrogens (tertiary/aromatic N) is 2. The van der Waals surface area contributed by atoms with Crippen LogP contribution >= 0.6 is 23.2 Å². The number of hydrogen-bond acceptors (Lipinski definition) is 4. The van der Waals surface area contributed by atoms with Gasteiger partial charge in [0, 0.05) is 63.6 Å². The third-order valence-electron chi connectivity index (χ3n) is 3.92. The van der Waals surface area contributed by atoms with Crippen LogP contribution in [0.25, 0.3) is 0 Å². The number of alkyl halides is 2. The van der Waals surface area contributed by atoms with Crippen LogP contribution in [0.3, 0.4) is 0 Å². The summed E-state index contributed by atoms with van der Waals surface area (Å²) >= 11 is 11.9. The Balaban J connectivity index is 2.00. The largest absolute Gasteiger partial charge is 0.314 e. The Morgan fingerprint density at radius 1 is 1.00 bits per heavy atom. The highest BCUT2D eigenvalue weighted by Crippen LogP contribution is 2.17. The van der Waals surface area contributed by atoms with E-state index >= 15 is 0 Å². The normalized spacial score (nSPS) is 31.7. The van der Waals surface area contributed by atoms with Crippen molar-refractivity contribution in [2.45, 2.75) is 18.6 Å². The molecular weight excluding hydrogens is 271 g/mol. The third kappa shape index (κ3) is 3.71.